The highest BCUT2D eigenvalue weighted by atomic mass is 32.2. The van der Waals surface area contributed by atoms with Gasteiger partial charge < -0.3 is 15.2 Å². The Morgan fingerprint density at radius 3 is 2.43 bits per heavy atom. The molecule has 1 aliphatic heterocycles. The van der Waals surface area contributed by atoms with Gasteiger partial charge in [-0.2, -0.15) is 13.2 Å². The van der Waals surface area contributed by atoms with Gasteiger partial charge in [0.05, 0.1) is 17.1 Å². The molecule has 10 heteroatoms. The third kappa shape index (κ3) is 5.35. The van der Waals surface area contributed by atoms with Crippen LogP contribution in [0.4, 0.5) is 13.2 Å². The number of amides is 2. The maximum Gasteiger partial charge on any atom is 0.406 e. The van der Waals surface area contributed by atoms with Crippen molar-refractivity contribution in [2.24, 2.45) is 11.7 Å². The molecule has 1 unspecified atom stereocenters. The number of aromatic nitrogens is 2. The van der Waals surface area contributed by atoms with Crippen LogP contribution in [0.15, 0.2) is 41.7 Å². The zero-order chi connectivity index (χ0) is 21.9. The lowest BCUT2D eigenvalue weighted by molar-refractivity contribution is -0.141. The first-order chi connectivity index (χ1) is 14.2. The molecular weight excluding hydrogens is 417 g/mol. The van der Waals surface area contributed by atoms with Crippen LogP contribution >= 0.6 is 11.8 Å². The van der Waals surface area contributed by atoms with Gasteiger partial charge in [-0.3, -0.25) is 9.59 Å². The predicted octanol–water partition coefficient (Wildman–Crippen LogP) is 3.32. The Hall–Kier alpha value is -2.49. The summed E-state index contributed by atoms with van der Waals surface area (Å²) < 4.78 is 40.7. The number of nitrogens with zero attached hydrogens (tertiary/aromatic N) is 3. The van der Waals surface area contributed by atoms with Crippen LogP contribution < -0.4 is 5.73 Å². The molecule has 6 nitrogen and oxygen atoms in total. The third-order valence-corrected chi connectivity index (χ3v) is 6.16. The molecule has 162 valence electrons. The van der Waals surface area contributed by atoms with Gasteiger partial charge in [-0.15, -0.1) is 0 Å². The Kier molecular flexibility index (Phi) is 6.74. The molecule has 2 heterocycles. The van der Waals surface area contributed by atoms with E-state index in [1.54, 1.807) is 42.2 Å². The number of alkyl halides is 3. The van der Waals surface area contributed by atoms with Crippen LogP contribution in [0, 0.1) is 5.92 Å². The average molecular weight is 440 g/mol. The van der Waals surface area contributed by atoms with E-state index in [4.69, 9.17) is 5.73 Å². The van der Waals surface area contributed by atoms with Crippen molar-refractivity contribution in [3.05, 3.63) is 36.5 Å². The molecule has 1 atom stereocenters. The largest absolute Gasteiger partial charge is 0.406 e. The fourth-order valence-electron chi connectivity index (χ4n) is 3.47. The van der Waals surface area contributed by atoms with Gasteiger partial charge in [-0.1, -0.05) is 42.1 Å². The van der Waals surface area contributed by atoms with Crippen LogP contribution in [0.3, 0.4) is 0 Å². The minimum absolute atomic E-state index is 0.138. The van der Waals surface area contributed by atoms with E-state index in [2.05, 4.69) is 4.98 Å². The SMILES string of the molecule is CC(Sc1ncc(-c2ccccc2)n1CC(F)(F)F)C(=O)N1CCC(C(N)=O)CC1. The summed E-state index contributed by atoms with van der Waals surface area (Å²) in [6, 6.07) is 8.71. The molecule has 0 aliphatic carbocycles. The summed E-state index contributed by atoms with van der Waals surface area (Å²) in [5, 5.41) is -0.479. The zero-order valence-electron chi connectivity index (χ0n) is 16.4. The van der Waals surface area contributed by atoms with Gasteiger partial charge in [0.2, 0.25) is 11.8 Å². The fraction of sp³-hybridized carbons (Fsp3) is 0.450. The number of halogens is 3. The highest BCUT2D eigenvalue weighted by molar-refractivity contribution is 8.00. The van der Waals surface area contributed by atoms with Gasteiger partial charge in [-0.25, -0.2) is 4.98 Å². The van der Waals surface area contributed by atoms with Crippen LogP contribution in [0.2, 0.25) is 0 Å². The maximum atomic E-state index is 13.2. The Bertz CT molecular complexity index is 893. The van der Waals surface area contributed by atoms with E-state index in [1.807, 2.05) is 0 Å². The second-order valence-corrected chi connectivity index (χ2v) is 8.56. The lowest BCUT2D eigenvalue weighted by Crippen LogP contribution is -2.44. The molecule has 1 aromatic heterocycles. The molecule has 0 spiro atoms. The molecule has 2 N–H and O–H groups in total. The summed E-state index contributed by atoms with van der Waals surface area (Å²) in [5.74, 6) is -0.797. The number of likely N-dealkylation sites (tertiary alicyclic amines) is 1. The van der Waals surface area contributed by atoms with Crippen molar-refractivity contribution < 1.29 is 22.8 Å². The van der Waals surface area contributed by atoms with E-state index < -0.39 is 18.0 Å². The molecule has 3 rings (SSSR count). The van der Waals surface area contributed by atoms with Gasteiger partial charge in [0.25, 0.3) is 0 Å². The standard InChI is InChI=1S/C20H23F3N4O2S/c1-13(18(29)26-9-7-15(8-10-26)17(24)28)30-19-25-11-16(14-5-3-2-4-6-14)27(19)12-20(21,22)23/h2-6,11,13,15H,7-10,12H2,1H3,(H2,24,28). The molecule has 0 bridgehead atoms. The van der Waals surface area contributed by atoms with E-state index in [9.17, 15) is 22.8 Å². The number of carbonyl (C=O) groups excluding carboxylic acids is 2. The average Bonchev–Trinajstić information content (AvgIpc) is 3.08. The molecule has 1 saturated heterocycles. The first-order valence-corrected chi connectivity index (χ1v) is 10.5. The summed E-state index contributed by atoms with van der Waals surface area (Å²) in [6.07, 6.45) is -2.03. The minimum atomic E-state index is -4.43. The number of hydrogen-bond donors (Lipinski definition) is 1. The molecule has 30 heavy (non-hydrogen) atoms. The van der Waals surface area contributed by atoms with Gasteiger partial charge in [-0.05, 0) is 25.3 Å². The van der Waals surface area contributed by atoms with E-state index >= 15 is 0 Å². The summed E-state index contributed by atoms with van der Waals surface area (Å²) in [5.41, 5.74) is 6.28. The predicted molar refractivity (Wildman–Crippen MR) is 108 cm³/mol. The monoisotopic (exact) mass is 440 g/mol. The second-order valence-electron chi connectivity index (χ2n) is 7.26. The van der Waals surface area contributed by atoms with Crippen molar-refractivity contribution in [2.75, 3.05) is 13.1 Å². The molecule has 0 radical (unpaired) electrons. The van der Waals surface area contributed by atoms with E-state index in [0.29, 0.717) is 37.2 Å². The number of piperidine rings is 1. The van der Waals surface area contributed by atoms with Crippen LogP contribution in [0.25, 0.3) is 11.3 Å². The Labute approximate surface area is 176 Å². The van der Waals surface area contributed by atoms with Crippen molar-refractivity contribution >= 4 is 23.6 Å². The lowest BCUT2D eigenvalue weighted by atomic mass is 9.96. The summed E-state index contributed by atoms with van der Waals surface area (Å²) >= 11 is 1.00. The highest BCUT2D eigenvalue weighted by Gasteiger charge is 2.33. The van der Waals surface area contributed by atoms with Crippen LogP contribution in [-0.4, -0.2) is 50.8 Å². The first-order valence-electron chi connectivity index (χ1n) is 9.58. The van der Waals surface area contributed by atoms with Crippen molar-refractivity contribution in [1.29, 1.82) is 0 Å². The van der Waals surface area contributed by atoms with Gasteiger partial charge in [0.1, 0.15) is 6.54 Å². The van der Waals surface area contributed by atoms with Crippen molar-refractivity contribution in [3.8, 4) is 11.3 Å². The van der Waals surface area contributed by atoms with E-state index in [-0.39, 0.29) is 22.9 Å². The number of thioether (sulfide) groups is 1. The molecule has 2 amide bonds. The van der Waals surface area contributed by atoms with Crippen molar-refractivity contribution in [1.82, 2.24) is 14.5 Å². The lowest BCUT2D eigenvalue weighted by Gasteiger charge is -2.32. The summed E-state index contributed by atoms with van der Waals surface area (Å²) in [7, 11) is 0. The molecular formula is C20H23F3N4O2S. The third-order valence-electron chi connectivity index (χ3n) is 5.06. The smallest absolute Gasteiger partial charge is 0.369 e. The van der Waals surface area contributed by atoms with Crippen molar-refractivity contribution in [3.63, 3.8) is 0 Å². The number of benzene rings is 1. The molecule has 2 aromatic rings. The van der Waals surface area contributed by atoms with Gasteiger partial charge in [0.15, 0.2) is 5.16 Å². The topological polar surface area (TPSA) is 81.2 Å². The Morgan fingerprint density at radius 1 is 1.23 bits per heavy atom. The van der Waals surface area contributed by atoms with Gasteiger partial charge >= 0.3 is 6.18 Å². The Morgan fingerprint density at radius 2 is 1.87 bits per heavy atom. The number of nitrogens with two attached hydrogens (primary N) is 1. The number of imidazole rings is 1. The van der Waals surface area contributed by atoms with E-state index in [0.717, 1.165) is 16.3 Å². The zero-order valence-corrected chi connectivity index (χ0v) is 17.2. The second kappa shape index (κ2) is 9.11. The van der Waals surface area contributed by atoms with Crippen LogP contribution in [-0.2, 0) is 16.1 Å². The van der Waals surface area contributed by atoms with E-state index in [1.165, 1.54) is 6.20 Å². The minimum Gasteiger partial charge on any atom is -0.369 e. The molecule has 1 aliphatic rings. The number of hydrogen-bond acceptors (Lipinski definition) is 4. The highest BCUT2D eigenvalue weighted by Crippen LogP contribution is 2.32. The Balaban J connectivity index is 1.76. The molecule has 0 saturated carbocycles. The van der Waals surface area contributed by atoms with Gasteiger partial charge in [0, 0.05) is 19.0 Å². The maximum absolute atomic E-state index is 13.2. The quantitative estimate of drug-likeness (QED) is 0.699. The molecule has 1 aromatic carbocycles. The molecule has 1 fully saturated rings. The fourth-order valence-corrected chi connectivity index (χ4v) is 4.44. The number of primary amides is 1. The summed E-state index contributed by atoms with van der Waals surface area (Å²) in [6.45, 7) is 1.28. The van der Waals surface area contributed by atoms with Crippen LogP contribution in [0.1, 0.15) is 19.8 Å². The normalized spacial score (nSPS) is 16.5. The van der Waals surface area contributed by atoms with Crippen molar-refractivity contribution in [2.45, 2.75) is 42.9 Å². The first kappa shape index (κ1) is 22.2. The van der Waals surface area contributed by atoms with Crippen LogP contribution in [0.5, 0.6) is 0 Å². The summed E-state index contributed by atoms with van der Waals surface area (Å²) in [4.78, 5) is 29.9. The number of rotatable bonds is 6. The number of carbonyl (C=O) groups is 2.